The van der Waals surface area contributed by atoms with Crippen LogP contribution in [0.5, 0.6) is 11.6 Å². The molecule has 94 valence electrons. The summed E-state index contributed by atoms with van der Waals surface area (Å²) < 4.78 is 44.1. The van der Waals surface area contributed by atoms with Crippen molar-refractivity contribution in [1.29, 1.82) is 0 Å². The van der Waals surface area contributed by atoms with Crippen molar-refractivity contribution in [3.05, 3.63) is 41.8 Å². The van der Waals surface area contributed by atoms with Gasteiger partial charge in [0.1, 0.15) is 17.4 Å². The van der Waals surface area contributed by atoms with Gasteiger partial charge in [-0.25, -0.2) is 13.8 Å². The number of halogens is 3. The fourth-order valence-corrected chi connectivity index (χ4v) is 1.24. The summed E-state index contributed by atoms with van der Waals surface area (Å²) in [6, 6.07) is 2.52. The summed E-state index contributed by atoms with van der Waals surface area (Å²) >= 11 is 0. The minimum Gasteiger partial charge on any atom is -0.436 e. The van der Waals surface area contributed by atoms with E-state index in [9.17, 15) is 13.2 Å². The van der Waals surface area contributed by atoms with Crippen LogP contribution in [0.15, 0.2) is 24.4 Å². The Morgan fingerprint density at radius 1 is 1.11 bits per heavy atom. The first kappa shape index (κ1) is 12.2. The Morgan fingerprint density at radius 3 is 2.39 bits per heavy atom. The number of hydrogen-bond acceptors (Lipinski definition) is 4. The quantitative estimate of drug-likeness (QED) is 0.916. The Bertz CT molecular complexity index is 557. The zero-order valence-electron chi connectivity index (χ0n) is 9.25. The molecule has 2 aromatic rings. The SMILES string of the molecule is CNc1ncc(F)c(Oc2cc(F)cc(F)c2)n1. The Morgan fingerprint density at radius 2 is 1.78 bits per heavy atom. The maximum atomic E-state index is 13.3. The molecule has 4 nitrogen and oxygen atoms in total. The summed E-state index contributed by atoms with van der Waals surface area (Å²) in [5.41, 5.74) is 0. The van der Waals surface area contributed by atoms with Crippen molar-refractivity contribution in [2.75, 3.05) is 12.4 Å². The van der Waals surface area contributed by atoms with E-state index >= 15 is 0 Å². The normalized spacial score (nSPS) is 10.2. The lowest BCUT2D eigenvalue weighted by Crippen LogP contribution is -2.00. The summed E-state index contributed by atoms with van der Waals surface area (Å²) in [6.07, 6.45) is 0.893. The Hall–Kier alpha value is -2.31. The molecule has 0 atom stereocenters. The van der Waals surface area contributed by atoms with Crippen LogP contribution in [0.2, 0.25) is 0 Å². The van der Waals surface area contributed by atoms with Crippen LogP contribution in [-0.4, -0.2) is 17.0 Å². The van der Waals surface area contributed by atoms with Gasteiger partial charge >= 0.3 is 0 Å². The van der Waals surface area contributed by atoms with Gasteiger partial charge in [0.15, 0.2) is 0 Å². The molecule has 0 spiro atoms. The Labute approximate surface area is 100 Å². The van der Waals surface area contributed by atoms with E-state index in [2.05, 4.69) is 15.3 Å². The van der Waals surface area contributed by atoms with Crippen LogP contribution in [0.4, 0.5) is 19.1 Å². The summed E-state index contributed by atoms with van der Waals surface area (Å²) in [5.74, 6) is -2.96. The molecule has 0 aliphatic heterocycles. The van der Waals surface area contributed by atoms with E-state index in [-0.39, 0.29) is 11.7 Å². The average Bonchev–Trinajstić information content (AvgIpc) is 2.30. The largest absolute Gasteiger partial charge is 0.436 e. The Kier molecular flexibility index (Phi) is 3.31. The molecule has 1 aromatic heterocycles. The van der Waals surface area contributed by atoms with Crippen molar-refractivity contribution in [3.8, 4) is 11.6 Å². The number of aromatic nitrogens is 2. The maximum absolute atomic E-state index is 13.3. The average molecular weight is 255 g/mol. The molecular weight excluding hydrogens is 247 g/mol. The van der Waals surface area contributed by atoms with E-state index in [4.69, 9.17) is 4.74 Å². The molecule has 2 rings (SSSR count). The van der Waals surface area contributed by atoms with E-state index in [1.807, 2.05) is 0 Å². The molecule has 7 heteroatoms. The third-order valence-electron chi connectivity index (χ3n) is 1.99. The van der Waals surface area contributed by atoms with E-state index in [0.29, 0.717) is 6.07 Å². The number of benzene rings is 1. The first-order valence-electron chi connectivity index (χ1n) is 4.92. The molecule has 0 unspecified atom stereocenters. The first-order chi connectivity index (χ1) is 8.58. The molecule has 1 heterocycles. The molecule has 0 fully saturated rings. The third-order valence-corrected chi connectivity index (χ3v) is 1.99. The lowest BCUT2D eigenvalue weighted by atomic mass is 10.3. The third kappa shape index (κ3) is 2.68. The van der Waals surface area contributed by atoms with Gasteiger partial charge in [-0.15, -0.1) is 0 Å². The van der Waals surface area contributed by atoms with Crippen LogP contribution in [0.1, 0.15) is 0 Å². The van der Waals surface area contributed by atoms with E-state index in [1.165, 1.54) is 0 Å². The predicted molar refractivity (Wildman–Crippen MR) is 58.0 cm³/mol. The number of nitrogens with zero attached hydrogens (tertiary/aromatic N) is 2. The van der Waals surface area contributed by atoms with Gasteiger partial charge in [-0.3, -0.25) is 0 Å². The summed E-state index contributed by atoms with van der Waals surface area (Å²) in [7, 11) is 1.54. The van der Waals surface area contributed by atoms with Crippen LogP contribution in [0.3, 0.4) is 0 Å². The van der Waals surface area contributed by atoms with Gasteiger partial charge in [-0.05, 0) is 0 Å². The molecule has 0 saturated carbocycles. The van der Waals surface area contributed by atoms with Crippen LogP contribution in [0.25, 0.3) is 0 Å². The monoisotopic (exact) mass is 255 g/mol. The molecule has 0 radical (unpaired) electrons. The van der Waals surface area contributed by atoms with E-state index in [0.717, 1.165) is 18.3 Å². The zero-order valence-corrected chi connectivity index (χ0v) is 9.25. The number of ether oxygens (including phenoxy) is 1. The van der Waals surface area contributed by atoms with Crippen molar-refractivity contribution >= 4 is 5.95 Å². The highest BCUT2D eigenvalue weighted by atomic mass is 19.1. The van der Waals surface area contributed by atoms with Crippen molar-refractivity contribution < 1.29 is 17.9 Å². The number of hydrogen-bond donors (Lipinski definition) is 1. The maximum Gasteiger partial charge on any atom is 0.260 e. The smallest absolute Gasteiger partial charge is 0.260 e. The molecule has 0 saturated heterocycles. The van der Waals surface area contributed by atoms with Gasteiger partial charge in [0, 0.05) is 25.2 Å². The zero-order chi connectivity index (χ0) is 13.1. The van der Waals surface area contributed by atoms with Crippen molar-refractivity contribution in [2.24, 2.45) is 0 Å². The summed E-state index contributed by atoms with van der Waals surface area (Å²) in [5, 5.41) is 2.59. The van der Waals surface area contributed by atoms with Gasteiger partial charge in [0.25, 0.3) is 5.88 Å². The van der Waals surface area contributed by atoms with Gasteiger partial charge in [-0.2, -0.15) is 9.37 Å². The number of rotatable bonds is 3. The second-order valence-corrected chi connectivity index (χ2v) is 3.30. The molecule has 0 aliphatic carbocycles. The fourth-order valence-electron chi connectivity index (χ4n) is 1.24. The molecule has 1 aromatic carbocycles. The summed E-state index contributed by atoms with van der Waals surface area (Å²) in [6.45, 7) is 0. The Balaban J connectivity index is 2.33. The highest BCUT2D eigenvalue weighted by Gasteiger charge is 2.10. The second-order valence-electron chi connectivity index (χ2n) is 3.30. The van der Waals surface area contributed by atoms with E-state index in [1.54, 1.807) is 7.05 Å². The first-order valence-corrected chi connectivity index (χ1v) is 4.92. The van der Waals surface area contributed by atoms with E-state index < -0.39 is 23.3 Å². The minimum absolute atomic E-state index is 0.128. The van der Waals surface area contributed by atoms with Crippen LogP contribution in [-0.2, 0) is 0 Å². The molecule has 0 bridgehead atoms. The highest BCUT2D eigenvalue weighted by Crippen LogP contribution is 2.24. The lowest BCUT2D eigenvalue weighted by Gasteiger charge is -2.07. The fraction of sp³-hybridized carbons (Fsp3) is 0.0909. The second kappa shape index (κ2) is 4.91. The molecule has 0 aliphatic rings. The molecule has 1 N–H and O–H groups in total. The van der Waals surface area contributed by atoms with Crippen molar-refractivity contribution in [2.45, 2.75) is 0 Å². The number of anilines is 1. The topological polar surface area (TPSA) is 47.0 Å². The van der Waals surface area contributed by atoms with Crippen LogP contribution < -0.4 is 10.1 Å². The minimum atomic E-state index is -0.835. The lowest BCUT2D eigenvalue weighted by molar-refractivity contribution is 0.414. The van der Waals surface area contributed by atoms with Gasteiger partial charge in [-0.1, -0.05) is 0 Å². The van der Waals surface area contributed by atoms with Gasteiger partial charge in [0.2, 0.25) is 11.8 Å². The molecule has 18 heavy (non-hydrogen) atoms. The predicted octanol–water partition coefficient (Wildman–Crippen LogP) is 2.73. The summed E-state index contributed by atoms with van der Waals surface area (Å²) in [4.78, 5) is 7.29. The van der Waals surface area contributed by atoms with Crippen molar-refractivity contribution in [3.63, 3.8) is 0 Å². The van der Waals surface area contributed by atoms with Gasteiger partial charge in [0.05, 0.1) is 6.20 Å². The molecule has 0 amide bonds. The highest BCUT2D eigenvalue weighted by molar-refractivity contribution is 5.32. The van der Waals surface area contributed by atoms with Crippen molar-refractivity contribution in [1.82, 2.24) is 9.97 Å². The molecular formula is C11H8F3N3O. The van der Waals surface area contributed by atoms with Gasteiger partial charge < -0.3 is 10.1 Å². The standard InChI is InChI=1S/C11H8F3N3O/c1-15-11-16-5-9(14)10(17-11)18-8-3-6(12)2-7(13)4-8/h2-5H,1H3,(H,15,16,17). The van der Waals surface area contributed by atoms with Crippen LogP contribution in [0, 0.1) is 17.5 Å². The number of nitrogens with one attached hydrogen (secondary N) is 1. The van der Waals surface area contributed by atoms with Crippen LogP contribution >= 0.6 is 0 Å².